The normalized spacial score (nSPS) is 16.0. The number of rotatable bonds is 2. The second kappa shape index (κ2) is 2.87. The lowest BCUT2D eigenvalue weighted by molar-refractivity contribution is 1.12. The van der Waals surface area contributed by atoms with Crippen molar-refractivity contribution in [3.8, 4) is 0 Å². The zero-order valence-corrected chi connectivity index (χ0v) is 7.60. The number of hydrogen-bond acceptors (Lipinski definition) is 1. The lowest BCUT2D eigenvalue weighted by atomic mass is 10.0. The third-order valence-corrected chi connectivity index (χ3v) is 2.46. The van der Waals surface area contributed by atoms with E-state index in [2.05, 4.69) is 12.1 Å². The Morgan fingerprint density at radius 2 is 2.00 bits per heavy atom. The van der Waals surface area contributed by atoms with Crippen molar-refractivity contribution in [1.29, 1.82) is 0 Å². The molecular weight excluding hydrogens is 166 g/mol. The van der Waals surface area contributed by atoms with Gasteiger partial charge in [-0.2, -0.15) is 0 Å². The van der Waals surface area contributed by atoms with Gasteiger partial charge < -0.3 is 5.73 Å². The van der Waals surface area contributed by atoms with E-state index in [0.29, 0.717) is 4.99 Å². The smallest absolute Gasteiger partial charge is 0.104 e. The Bertz CT molecular complexity index is 315. The summed E-state index contributed by atoms with van der Waals surface area (Å²) < 4.78 is 0. The first-order chi connectivity index (χ1) is 5.79. The van der Waals surface area contributed by atoms with Crippen molar-refractivity contribution in [3.05, 3.63) is 35.4 Å². The summed E-state index contributed by atoms with van der Waals surface area (Å²) in [5, 5.41) is 0. The second-order valence-electron chi connectivity index (χ2n) is 3.23. The maximum Gasteiger partial charge on any atom is 0.104 e. The number of hydrogen-bond donors (Lipinski definition) is 1. The summed E-state index contributed by atoms with van der Waals surface area (Å²) >= 11 is 4.97. The van der Waals surface area contributed by atoms with E-state index in [1.54, 1.807) is 0 Å². The minimum absolute atomic E-state index is 0.525. The number of nitrogens with two attached hydrogens (primary N) is 1. The van der Waals surface area contributed by atoms with Crippen LogP contribution in [0.1, 0.15) is 29.9 Å². The molecule has 2 heteroatoms. The van der Waals surface area contributed by atoms with Crippen molar-refractivity contribution in [2.24, 2.45) is 5.73 Å². The van der Waals surface area contributed by atoms with E-state index in [-0.39, 0.29) is 0 Å². The zero-order chi connectivity index (χ0) is 8.55. The van der Waals surface area contributed by atoms with E-state index in [9.17, 15) is 0 Å². The molecule has 0 saturated heterocycles. The molecule has 1 aromatic carbocycles. The van der Waals surface area contributed by atoms with Gasteiger partial charge in [0, 0.05) is 5.56 Å². The van der Waals surface area contributed by atoms with Crippen LogP contribution in [0.4, 0.5) is 0 Å². The fourth-order valence-electron chi connectivity index (χ4n) is 1.47. The first-order valence-electron chi connectivity index (χ1n) is 4.18. The van der Waals surface area contributed by atoms with Gasteiger partial charge in [0.05, 0.1) is 0 Å². The Kier molecular flexibility index (Phi) is 1.85. The van der Waals surface area contributed by atoms with Crippen molar-refractivity contribution in [2.45, 2.75) is 18.8 Å². The Hall–Kier alpha value is -0.890. The highest BCUT2D eigenvalue weighted by atomic mass is 32.1. The largest absolute Gasteiger partial charge is 0.389 e. The topological polar surface area (TPSA) is 26.0 Å². The van der Waals surface area contributed by atoms with E-state index in [0.717, 1.165) is 11.5 Å². The van der Waals surface area contributed by atoms with Gasteiger partial charge >= 0.3 is 0 Å². The summed E-state index contributed by atoms with van der Waals surface area (Å²) in [5.41, 5.74) is 8.01. The minimum Gasteiger partial charge on any atom is -0.389 e. The average molecular weight is 177 g/mol. The van der Waals surface area contributed by atoms with Crippen LogP contribution in [0.5, 0.6) is 0 Å². The Morgan fingerprint density at radius 1 is 1.33 bits per heavy atom. The van der Waals surface area contributed by atoms with Gasteiger partial charge in [-0.05, 0) is 24.3 Å². The molecule has 0 unspecified atom stereocenters. The summed E-state index contributed by atoms with van der Waals surface area (Å²) in [4.78, 5) is 0.525. The molecule has 1 aliphatic carbocycles. The summed E-state index contributed by atoms with van der Waals surface area (Å²) in [6.07, 6.45) is 2.58. The molecule has 1 saturated carbocycles. The van der Waals surface area contributed by atoms with Crippen molar-refractivity contribution >= 4 is 17.2 Å². The van der Waals surface area contributed by atoms with Crippen molar-refractivity contribution in [3.63, 3.8) is 0 Å². The van der Waals surface area contributed by atoms with Crippen LogP contribution in [-0.2, 0) is 0 Å². The first-order valence-corrected chi connectivity index (χ1v) is 4.58. The number of benzene rings is 1. The minimum atomic E-state index is 0.525. The molecule has 0 aliphatic heterocycles. The zero-order valence-electron chi connectivity index (χ0n) is 6.79. The molecule has 0 radical (unpaired) electrons. The van der Waals surface area contributed by atoms with Gasteiger partial charge in [-0.25, -0.2) is 0 Å². The van der Waals surface area contributed by atoms with Crippen LogP contribution in [0.2, 0.25) is 0 Å². The number of thiocarbonyl (C=S) groups is 1. The Morgan fingerprint density at radius 3 is 2.58 bits per heavy atom. The molecule has 0 amide bonds. The van der Waals surface area contributed by atoms with Gasteiger partial charge in [0.25, 0.3) is 0 Å². The van der Waals surface area contributed by atoms with Gasteiger partial charge in [0.2, 0.25) is 0 Å². The summed E-state index contributed by atoms with van der Waals surface area (Å²) in [6.45, 7) is 0. The summed E-state index contributed by atoms with van der Waals surface area (Å²) in [5.74, 6) is 0.725. The van der Waals surface area contributed by atoms with Gasteiger partial charge in [-0.1, -0.05) is 36.5 Å². The van der Waals surface area contributed by atoms with Crippen LogP contribution in [-0.4, -0.2) is 4.99 Å². The van der Waals surface area contributed by atoms with E-state index < -0.39 is 0 Å². The van der Waals surface area contributed by atoms with E-state index >= 15 is 0 Å². The summed E-state index contributed by atoms with van der Waals surface area (Å²) in [7, 11) is 0. The van der Waals surface area contributed by atoms with Gasteiger partial charge in [-0.15, -0.1) is 0 Å². The van der Waals surface area contributed by atoms with Crippen LogP contribution < -0.4 is 5.73 Å². The van der Waals surface area contributed by atoms with Gasteiger partial charge in [0.1, 0.15) is 4.99 Å². The molecule has 1 aromatic rings. The lowest BCUT2D eigenvalue weighted by Gasteiger charge is -2.05. The highest BCUT2D eigenvalue weighted by Gasteiger charge is 2.25. The van der Waals surface area contributed by atoms with E-state index in [1.807, 2.05) is 12.1 Å². The average Bonchev–Trinajstić information content (AvgIpc) is 2.87. The fraction of sp³-hybridized carbons (Fsp3) is 0.300. The molecular formula is C10H11NS. The molecule has 0 heterocycles. The predicted octanol–water partition coefficient (Wildman–Crippen LogP) is 2.20. The van der Waals surface area contributed by atoms with Crippen LogP contribution in [0.25, 0.3) is 0 Å². The SMILES string of the molecule is NC(=S)c1ccccc1C1CC1. The Balaban J connectivity index is 2.43. The van der Waals surface area contributed by atoms with Crippen LogP contribution >= 0.6 is 12.2 Å². The van der Waals surface area contributed by atoms with Crippen molar-refractivity contribution in [1.82, 2.24) is 0 Å². The quantitative estimate of drug-likeness (QED) is 0.701. The monoisotopic (exact) mass is 177 g/mol. The second-order valence-corrected chi connectivity index (χ2v) is 3.67. The lowest BCUT2D eigenvalue weighted by Crippen LogP contribution is -2.11. The maximum absolute atomic E-state index is 5.61. The third kappa shape index (κ3) is 1.34. The first kappa shape index (κ1) is 7.74. The van der Waals surface area contributed by atoms with Gasteiger partial charge in [0.15, 0.2) is 0 Å². The molecule has 1 aliphatic rings. The molecule has 0 atom stereocenters. The van der Waals surface area contributed by atoms with Crippen molar-refractivity contribution < 1.29 is 0 Å². The van der Waals surface area contributed by atoms with E-state index in [4.69, 9.17) is 18.0 Å². The molecule has 62 valence electrons. The highest BCUT2D eigenvalue weighted by Crippen LogP contribution is 2.41. The molecule has 1 nitrogen and oxygen atoms in total. The molecule has 1 fully saturated rings. The predicted molar refractivity (Wildman–Crippen MR) is 54.3 cm³/mol. The molecule has 0 spiro atoms. The molecule has 12 heavy (non-hydrogen) atoms. The molecule has 2 rings (SSSR count). The third-order valence-electron chi connectivity index (χ3n) is 2.24. The maximum atomic E-state index is 5.61. The fourth-order valence-corrected chi connectivity index (χ4v) is 1.66. The Labute approximate surface area is 77.6 Å². The van der Waals surface area contributed by atoms with Crippen molar-refractivity contribution in [2.75, 3.05) is 0 Å². The molecule has 0 aromatic heterocycles. The van der Waals surface area contributed by atoms with E-state index in [1.165, 1.54) is 18.4 Å². The molecule has 2 N–H and O–H groups in total. The summed E-state index contributed by atoms with van der Waals surface area (Å²) in [6, 6.07) is 8.18. The van der Waals surface area contributed by atoms with Crippen LogP contribution in [0.3, 0.4) is 0 Å². The standard InChI is InChI=1S/C10H11NS/c11-10(12)9-4-2-1-3-8(9)7-5-6-7/h1-4,7H,5-6H2,(H2,11,12). The highest BCUT2D eigenvalue weighted by molar-refractivity contribution is 7.80. The van der Waals surface area contributed by atoms with Gasteiger partial charge in [-0.3, -0.25) is 0 Å². The van der Waals surface area contributed by atoms with Crippen LogP contribution in [0.15, 0.2) is 24.3 Å². The van der Waals surface area contributed by atoms with Crippen LogP contribution in [0, 0.1) is 0 Å². The molecule has 0 bridgehead atoms.